The molecule has 728 valence electrons. The number of hydrogen-bond donors (Lipinski definition) is 13. The first-order valence-corrected chi connectivity index (χ1v) is 44.1. The number of methoxy groups -OCH3 is 5. The quantitative estimate of drug-likeness (QED) is 0.00260. The van der Waals surface area contributed by atoms with Crippen molar-refractivity contribution in [3.8, 4) is 46.0 Å². The van der Waals surface area contributed by atoms with Crippen molar-refractivity contribution in [2.45, 2.75) is 97.4 Å². The second kappa shape index (κ2) is 54.5. The van der Waals surface area contributed by atoms with Crippen molar-refractivity contribution in [3.63, 3.8) is 0 Å². The Kier molecular flexibility index (Phi) is 43.4. The third kappa shape index (κ3) is 35.2. The summed E-state index contributed by atoms with van der Waals surface area (Å²) in [5.41, 5.74) is 14.5. The maximum absolute atomic E-state index is 12.0. The number of thioether (sulfide) groups is 1. The van der Waals surface area contributed by atoms with Crippen LogP contribution in [0.2, 0.25) is 10.2 Å². The van der Waals surface area contributed by atoms with Gasteiger partial charge in [0, 0.05) is 110 Å². The Hall–Kier alpha value is -14.9. The summed E-state index contributed by atoms with van der Waals surface area (Å²) in [5, 5.41) is 91.0. The second-order valence-electron chi connectivity index (χ2n) is 30.8. The summed E-state index contributed by atoms with van der Waals surface area (Å²) in [6, 6.07) is 43.1. The number of cyclic esters (lactones) is 1. The predicted octanol–water partition coefficient (Wildman–Crippen LogP) is 15.3. The number of carbonyl (C=O) groups excluding carboxylic acids is 4. The fourth-order valence-corrected chi connectivity index (χ4v) is 13.7. The van der Waals surface area contributed by atoms with Crippen LogP contribution in [0.5, 0.6) is 46.0 Å². The number of rotatable bonds is 34. The van der Waals surface area contributed by atoms with Crippen molar-refractivity contribution in [2.75, 3.05) is 113 Å². The van der Waals surface area contributed by atoms with E-state index >= 15 is 0 Å². The van der Waals surface area contributed by atoms with Crippen molar-refractivity contribution < 1.29 is 112 Å². The number of phenols is 2. The van der Waals surface area contributed by atoms with E-state index in [4.69, 9.17) is 103 Å². The number of amides is 2. The summed E-state index contributed by atoms with van der Waals surface area (Å²) >= 11 is 12.8. The number of ether oxygens (including phenoxy) is 9. The normalized spacial score (nSPS) is 11.9. The molecular formula is C97H112Cl2N14O23S. The average molecular weight is 1950 g/mol. The number of carboxylic acids is 4. The molecule has 37 nitrogen and oxygen atoms in total. The van der Waals surface area contributed by atoms with Gasteiger partial charge in [0.1, 0.15) is 58.3 Å². The highest BCUT2D eigenvalue weighted by Gasteiger charge is 2.33. The molecule has 0 aliphatic carbocycles. The molecule has 2 aliphatic rings. The number of hydrogen-bond acceptors (Lipinski definition) is 29. The molecule has 0 unspecified atom stereocenters. The van der Waals surface area contributed by atoms with Crippen molar-refractivity contribution in [1.29, 1.82) is 10.8 Å². The van der Waals surface area contributed by atoms with Crippen LogP contribution >= 0.6 is 35.0 Å². The van der Waals surface area contributed by atoms with E-state index in [1.165, 1.54) is 66.8 Å². The van der Waals surface area contributed by atoms with Crippen LogP contribution in [0.3, 0.4) is 0 Å². The van der Waals surface area contributed by atoms with E-state index in [1.54, 1.807) is 92.1 Å². The highest BCUT2D eigenvalue weighted by Crippen LogP contribution is 2.43. The maximum atomic E-state index is 12.0. The number of nitrogens with two attached hydrogens (primary N) is 1. The summed E-state index contributed by atoms with van der Waals surface area (Å²) in [4.78, 5) is 107. The number of carbonyl (C=O) groups is 8. The van der Waals surface area contributed by atoms with Crippen LogP contribution in [-0.4, -0.2) is 228 Å². The van der Waals surface area contributed by atoms with Crippen LogP contribution < -0.4 is 55.4 Å². The van der Waals surface area contributed by atoms with Crippen LogP contribution in [0.4, 0.5) is 22.9 Å². The third-order valence-electron chi connectivity index (χ3n) is 20.4. The van der Waals surface area contributed by atoms with Gasteiger partial charge in [-0.3, -0.25) is 50.0 Å². The summed E-state index contributed by atoms with van der Waals surface area (Å²) in [5.74, 6) is -1.79. The van der Waals surface area contributed by atoms with E-state index in [9.17, 15) is 48.6 Å². The Morgan fingerprint density at radius 1 is 0.693 bits per heavy atom. The lowest BCUT2D eigenvalue weighted by Crippen LogP contribution is -2.42. The summed E-state index contributed by atoms with van der Waals surface area (Å²) < 4.78 is 48.1. The summed E-state index contributed by atoms with van der Waals surface area (Å²) in [6.07, 6.45) is 6.15. The molecule has 14 N–H and O–H groups in total. The first-order chi connectivity index (χ1) is 65.2. The fraction of sp³-hybridized carbons (Fsp3) is 0.309. The number of nitrogens with zero attached hydrogens (tertiary/aromatic N) is 7. The summed E-state index contributed by atoms with van der Waals surface area (Å²) in [6.45, 7) is 15.8. The standard InChI is InChI=1S/C23H31NO7.C20H21NO4.C19H20ClNO4.C17H15N3O6.C14H14ClN3O2S.C4H11N5/c1-15(5-7-19(25)30-13-10-24-8-11-29-12-9-24)4-6-17-21(26)20-18(14-31-23(20)27)16(2)22(17)28-3;1-22-17-6-5-13(10-18(17)23-2)9-16-15-12-20(25-4)19(24-3)11-14(15)7-8-21-16;1-19(2,18(23)24)25-16-9-3-13(4-10-16)11-12-21-17(22)14-5-7-15(20)8-6-14;21-14-6-5-12(9-13(14)17(25)26)20-19-11-3-1-10(2-4-11)16(24)18-8-7-15(22)23;1-8-4-3-5-10(9(8)2)16-12-6-11(15)17-14(18-12)21-7-13(19)20;1-9(2)4(7)8-3(5)6/h4,26H,5-14H2,1-3H3;5-8,10-12H,9H2,1-4H3;3-10H,11-12H2,1-2H3,(H,21,22)(H,23,24);1-6,9,21H,7-8H2,(H,18,24)(H,22,23)(H,25,26);3-6H,7H2,1-2H3,(H,19,20)(H,16,17,18);1-2H3,(H5,5,6,7,8)/b15-4+;;;20-19+;;. The Morgan fingerprint density at radius 2 is 1.31 bits per heavy atom. The molecule has 4 heterocycles. The molecule has 0 spiro atoms. The number of anilines is 2. The van der Waals surface area contributed by atoms with Gasteiger partial charge >= 0.3 is 35.8 Å². The van der Waals surface area contributed by atoms with Gasteiger partial charge in [0.15, 0.2) is 45.7 Å². The van der Waals surface area contributed by atoms with Crippen molar-refractivity contribution in [2.24, 2.45) is 16.0 Å². The number of azo groups is 1. The number of aryl methyl sites for hydroxylation is 1. The van der Waals surface area contributed by atoms with E-state index in [2.05, 4.69) is 51.3 Å². The van der Waals surface area contributed by atoms with Gasteiger partial charge < -0.3 is 99.9 Å². The second-order valence-corrected chi connectivity index (χ2v) is 32.6. The van der Waals surface area contributed by atoms with E-state index in [1.807, 2.05) is 107 Å². The molecule has 12 rings (SSSR count). The monoisotopic (exact) mass is 1940 g/mol. The molecule has 1 fully saturated rings. The number of allylic oxidation sites excluding steroid dienone is 2. The minimum absolute atomic E-state index is 0.0301. The van der Waals surface area contributed by atoms with Crippen molar-refractivity contribution in [3.05, 3.63) is 247 Å². The first kappa shape index (κ1) is 109. The molecular weight excluding hydrogens is 1830 g/mol. The van der Waals surface area contributed by atoms with E-state index in [0.29, 0.717) is 124 Å². The molecule has 10 aromatic rings. The SMILES string of the molecule is CC(C)(Oc1ccc(CCNC(=O)c2ccc(Cl)cc2)cc1)C(=O)O.CN(C)C(=N)NC(=N)N.COc1c(C)c2c(c(O)c1C/C=C(\C)CCC(=O)OCCN1CCOCC1)C(=O)OC2.COc1ccc(Cc2nccc3cc(OC)c(OC)cc23)cc1OC.Cc1cccc(Nc2cc(Cl)nc(SCC(=O)O)n2)c1C.O=C(O)CCNC(=O)c1ccc(/N=N/c2ccc(O)c(C(=O)O)c2)cc1. The topological polar surface area (TPSA) is 533 Å². The molecule has 2 amide bonds. The van der Waals surface area contributed by atoms with E-state index in [0.717, 1.165) is 94.6 Å². The number of guanidine groups is 2. The van der Waals surface area contributed by atoms with Gasteiger partial charge in [-0.1, -0.05) is 76.9 Å². The molecule has 1 saturated heterocycles. The number of halogens is 2. The molecule has 40 heteroatoms. The smallest absolute Gasteiger partial charge is 0.347 e. The zero-order chi connectivity index (χ0) is 101. The lowest BCUT2D eigenvalue weighted by molar-refractivity contribution is -0.152. The number of fused-ring (bicyclic) bond motifs is 2. The Morgan fingerprint density at radius 3 is 1.92 bits per heavy atom. The average Bonchev–Trinajstić information content (AvgIpc) is 1.64. The minimum Gasteiger partial charge on any atom is -0.507 e. The Labute approximate surface area is 806 Å². The Bertz CT molecular complexity index is 5950. The molecule has 0 saturated carbocycles. The highest BCUT2D eigenvalue weighted by molar-refractivity contribution is 7.99. The molecule has 0 radical (unpaired) electrons. The predicted molar refractivity (Wildman–Crippen MR) is 518 cm³/mol. The number of benzene rings is 8. The number of pyridine rings is 1. The number of aromatic hydroxyl groups is 2. The lowest BCUT2D eigenvalue weighted by atomic mass is 9.94. The van der Waals surface area contributed by atoms with Crippen LogP contribution in [-0.2, 0) is 59.3 Å². The van der Waals surface area contributed by atoms with Gasteiger partial charge in [0.25, 0.3) is 11.8 Å². The lowest BCUT2D eigenvalue weighted by Gasteiger charge is -2.26. The third-order valence-corrected chi connectivity index (χ3v) is 21.7. The molecule has 0 atom stereocenters. The van der Waals surface area contributed by atoms with Crippen LogP contribution in [0.15, 0.2) is 185 Å². The molecule has 2 aromatic heterocycles. The number of esters is 2. The van der Waals surface area contributed by atoms with Crippen molar-refractivity contribution in [1.82, 2.24) is 40.7 Å². The number of morpholine rings is 1. The molecule has 137 heavy (non-hydrogen) atoms. The van der Waals surface area contributed by atoms with Gasteiger partial charge in [-0.2, -0.15) is 10.2 Å². The highest BCUT2D eigenvalue weighted by atomic mass is 35.5. The molecule has 2 aliphatic heterocycles. The molecule has 8 aromatic carbocycles. The number of aromatic nitrogens is 3. The van der Waals surface area contributed by atoms with Crippen LogP contribution in [0.1, 0.15) is 126 Å². The minimum atomic E-state index is -1.28. The Balaban J connectivity index is 0.000000229. The van der Waals surface area contributed by atoms with E-state index in [-0.39, 0.29) is 82.6 Å². The first-order valence-electron chi connectivity index (χ1n) is 42.4. The number of aliphatic carboxylic acids is 3. The number of aromatic carboxylic acids is 1. The van der Waals surface area contributed by atoms with Crippen molar-refractivity contribution >= 4 is 128 Å². The molecule has 0 bridgehead atoms. The fourth-order valence-electron chi connectivity index (χ4n) is 12.7. The number of phenolic OH excluding ortho intramolecular Hbond substituents is 1. The number of carboxylic acid groups (broad SMARTS) is 4. The van der Waals surface area contributed by atoms with Gasteiger partial charge in [-0.25, -0.2) is 24.4 Å². The summed E-state index contributed by atoms with van der Waals surface area (Å²) in [7, 11) is 11.5. The maximum Gasteiger partial charge on any atom is 0.347 e. The van der Waals surface area contributed by atoms with Gasteiger partial charge in [0.05, 0.1) is 78.0 Å². The number of nitrogens with one attached hydrogen (secondary N) is 6. The largest absolute Gasteiger partial charge is 0.507 e. The van der Waals surface area contributed by atoms with Crippen LogP contribution in [0.25, 0.3) is 10.8 Å². The zero-order valence-electron chi connectivity index (χ0n) is 77.9. The van der Waals surface area contributed by atoms with Gasteiger partial charge in [0.2, 0.25) is 0 Å². The zero-order valence-corrected chi connectivity index (χ0v) is 80.2. The van der Waals surface area contributed by atoms with E-state index < -0.39 is 41.4 Å². The van der Waals surface area contributed by atoms with Gasteiger partial charge in [-0.05, 0) is 209 Å². The van der Waals surface area contributed by atoms with Gasteiger partial charge in [-0.15, -0.1) is 0 Å². The van der Waals surface area contributed by atoms with Crippen LogP contribution in [0, 0.1) is 31.6 Å².